The molecule has 0 saturated carbocycles. The maximum absolute atomic E-state index is 4.98. The molecule has 1 heterocycles. The van der Waals surface area contributed by atoms with Crippen LogP contribution in [0.25, 0.3) is 0 Å². The number of rotatable bonds is 1. The molecular weight excluding hydrogens is 88.1 g/mol. The van der Waals surface area contributed by atoms with Crippen LogP contribution in [0.15, 0.2) is 12.7 Å². The summed E-state index contributed by atoms with van der Waals surface area (Å²) >= 11 is 0. The molecule has 36 valence electrons. The molecule has 0 N–H and O–H groups in total. The first-order valence-corrected chi connectivity index (χ1v) is 2.12. The van der Waals surface area contributed by atoms with Crippen LogP contribution in [0, 0.1) is 12.3 Å². The minimum atomic E-state index is 0.0255. The molecule has 7 heavy (non-hydrogen) atoms. The Balaban J connectivity index is 2.34. The van der Waals surface area contributed by atoms with Crippen LogP contribution in [-0.4, -0.2) is 12.2 Å². The van der Waals surface area contributed by atoms with E-state index < -0.39 is 0 Å². The molecule has 1 nitrogen and oxygen atoms in total. The van der Waals surface area contributed by atoms with E-state index in [1.54, 1.807) is 6.08 Å². The molecule has 1 saturated heterocycles. The molecule has 0 radical (unpaired) electrons. The molecule has 1 rings (SSSR count). The van der Waals surface area contributed by atoms with Gasteiger partial charge in [0, 0.05) is 0 Å². The van der Waals surface area contributed by atoms with Crippen molar-refractivity contribution in [2.24, 2.45) is 0 Å². The normalized spacial score (nSPS) is 36.4. The highest BCUT2D eigenvalue weighted by atomic mass is 16.6. The second-order valence-corrected chi connectivity index (χ2v) is 1.42. The van der Waals surface area contributed by atoms with Gasteiger partial charge in [-0.3, -0.25) is 0 Å². The fourth-order valence-corrected chi connectivity index (χ4v) is 0.437. The number of ether oxygens (including phenoxy) is 1. The van der Waals surface area contributed by atoms with Gasteiger partial charge in [0.05, 0.1) is 0 Å². The van der Waals surface area contributed by atoms with E-state index in [9.17, 15) is 0 Å². The number of epoxide rings is 1. The molecular formula is C6H6O. The van der Waals surface area contributed by atoms with E-state index in [1.165, 1.54) is 0 Å². The van der Waals surface area contributed by atoms with Gasteiger partial charge in [0.2, 0.25) is 0 Å². The zero-order valence-electron chi connectivity index (χ0n) is 3.92. The summed E-state index contributed by atoms with van der Waals surface area (Å²) in [6, 6.07) is 0. The van der Waals surface area contributed by atoms with E-state index in [0.717, 1.165) is 0 Å². The van der Waals surface area contributed by atoms with E-state index in [0.29, 0.717) is 0 Å². The highest BCUT2D eigenvalue weighted by Gasteiger charge is 2.33. The molecule has 2 unspecified atom stereocenters. The summed E-state index contributed by atoms with van der Waals surface area (Å²) in [4.78, 5) is 0. The Hall–Kier alpha value is -0.740. The van der Waals surface area contributed by atoms with Gasteiger partial charge in [0.15, 0.2) is 0 Å². The number of terminal acetylenes is 1. The van der Waals surface area contributed by atoms with Crippen molar-refractivity contribution >= 4 is 0 Å². The predicted octanol–water partition coefficient (Wildman–Crippen LogP) is 0.573. The second kappa shape index (κ2) is 1.40. The molecule has 2 atom stereocenters. The third kappa shape index (κ3) is 0.652. The summed E-state index contributed by atoms with van der Waals surface area (Å²) in [7, 11) is 0. The summed E-state index contributed by atoms with van der Waals surface area (Å²) in [5.74, 6) is 2.45. The van der Waals surface area contributed by atoms with E-state index in [4.69, 9.17) is 11.2 Å². The average molecular weight is 94.1 g/mol. The molecule has 1 fully saturated rings. The molecule has 0 aromatic carbocycles. The van der Waals surface area contributed by atoms with Crippen molar-refractivity contribution in [1.82, 2.24) is 0 Å². The highest BCUT2D eigenvalue weighted by Crippen LogP contribution is 2.20. The SMILES string of the molecule is C#CC1OC1C=C. The van der Waals surface area contributed by atoms with E-state index in [-0.39, 0.29) is 12.2 Å². The smallest absolute Gasteiger partial charge is 0.148 e. The lowest BCUT2D eigenvalue weighted by Crippen LogP contribution is -1.81. The molecule has 1 heteroatoms. The second-order valence-electron chi connectivity index (χ2n) is 1.42. The lowest BCUT2D eigenvalue weighted by Gasteiger charge is -1.64. The maximum atomic E-state index is 4.98. The summed E-state index contributed by atoms with van der Waals surface area (Å²) in [6.45, 7) is 3.50. The lowest BCUT2D eigenvalue weighted by molar-refractivity contribution is 0.417. The van der Waals surface area contributed by atoms with Gasteiger partial charge >= 0.3 is 0 Å². The third-order valence-electron chi connectivity index (χ3n) is 0.922. The topological polar surface area (TPSA) is 12.5 Å². The molecule has 0 aromatic heterocycles. The molecule has 1 aliphatic heterocycles. The third-order valence-corrected chi connectivity index (χ3v) is 0.922. The van der Waals surface area contributed by atoms with Gasteiger partial charge in [-0.15, -0.1) is 13.0 Å². The molecule has 0 amide bonds. The molecule has 0 aromatic rings. The Morgan fingerprint density at radius 1 is 1.86 bits per heavy atom. The monoisotopic (exact) mass is 94.0 g/mol. The molecule has 1 aliphatic rings. The van der Waals surface area contributed by atoms with Crippen LogP contribution in [0.3, 0.4) is 0 Å². The van der Waals surface area contributed by atoms with Crippen molar-refractivity contribution in [3.05, 3.63) is 12.7 Å². The summed E-state index contributed by atoms with van der Waals surface area (Å²) < 4.78 is 4.86. The van der Waals surface area contributed by atoms with Crippen molar-refractivity contribution in [3.63, 3.8) is 0 Å². The van der Waals surface area contributed by atoms with Gasteiger partial charge < -0.3 is 4.74 Å². The van der Waals surface area contributed by atoms with Gasteiger partial charge in [-0.05, 0) is 0 Å². The zero-order chi connectivity index (χ0) is 5.28. The van der Waals surface area contributed by atoms with Gasteiger partial charge in [0.25, 0.3) is 0 Å². The minimum Gasteiger partial charge on any atom is -0.351 e. The Labute approximate surface area is 43.0 Å². The van der Waals surface area contributed by atoms with Crippen LogP contribution >= 0.6 is 0 Å². The average Bonchev–Trinajstić information content (AvgIpc) is 2.43. The van der Waals surface area contributed by atoms with E-state index in [1.807, 2.05) is 0 Å². The van der Waals surface area contributed by atoms with Crippen LogP contribution in [0.4, 0.5) is 0 Å². The van der Waals surface area contributed by atoms with Crippen molar-refractivity contribution in [2.75, 3.05) is 0 Å². The van der Waals surface area contributed by atoms with Crippen LogP contribution in [0.1, 0.15) is 0 Å². The molecule has 0 spiro atoms. The highest BCUT2D eigenvalue weighted by molar-refractivity contribution is 5.13. The van der Waals surface area contributed by atoms with Crippen molar-refractivity contribution in [1.29, 1.82) is 0 Å². The summed E-state index contributed by atoms with van der Waals surface area (Å²) in [5.41, 5.74) is 0. The largest absolute Gasteiger partial charge is 0.351 e. The predicted molar refractivity (Wildman–Crippen MR) is 27.7 cm³/mol. The van der Waals surface area contributed by atoms with E-state index in [2.05, 4.69) is 12.5 Å². The lowest BCUT2D eigenvalue weighted by atomic mass is 10.3. The Morgan fingerprint density at radius 2 is 2.57 bits per heavy atom. The zero-order valence-corrected chi connectivity index (χ0v) is 3.92. The number of hydrogen-bond acceptors (Lipinski definition) is 1. The van der Waals surface area contributed by atoms with Gasteiger partial charge in [-0.1, -0.05) is 12.0 Å². The van der Waals surface area contributed by atoms with Crippen molar-refractivity contribution in [2.45, 2.75) is 12.2 Å². The van der Waals surface area contributed by atoms with Crippen molar-refractivity contribution < 1.29 is 4.74 Å². The van der Waals surface area contributed by atoms with Crippen molar-refractivity contribution in [3.8, 4) is 12.3 Å². The van der Waals surface area contributed by atoms with Gasteiger partial charge in [-0.25, -0.2) is 0 Å². The maximum Gasteiger partial charge on any atom is 0.148 e. The minimum absolute atomic E-state index is 0.0255. The first-order valence-electron chi connectivity index (χ1n) is 2.12. The van der Waals surface area contributed by atoms with Gasteiger partial charge in [-0.2, -0.15) is 0 Å². The molecule has 0 bridgehead atoms. The van der Waals surface area contributed by atoms with E-state index >= 15 is 0 Å². The summed E-state index contributed by atoms with van der Waals surface area (Å²) in [5, 5.41) is 0. The van der Waals surface area contributed by atoms with Crippen LogP contribution in [0.2, 0.25) is 0 Å². The Bertz CT molecular complexity index is 121. The first-order chi connectivity index (χ1) is 3.38. The molecule has 0 aliphatic carbocycles. The van der Waals surface area contributed by atoms with Crippen LogP contribution in [-0.2, 0) is 4.74 Å². The van der Waals surface area contributed by atoms with Gasteiger partial charge in [0.1, 0.15) is 12.2 Å². The first kappa shape index (κ1) is 4.42. The standard InChI is InChI=1S/C6H6O/c1-3-5-6(4-2)7-5/h1,4-6H,2H2. The quantitative estimate of drug-likeness (QED) is 0.263. The Morgan fingerprint density at radius 3 is 2.71 bits per heavy atom. The Kier molecular flexibility index (Phi) is 0.883. The van der Waals surface area contributed by atoms with Crippen LogP contribution < -0.4 is 0 Å². The fraction of sp³-hybridized carbons (Fsp3) is 0.333. The summed E-state index contributed by atoms with van der Waals surface area (Å²) in [6.07, 6.45) is 6.86. The van der Waals surface area contributed by atoms with Crippen LogP contribution in [0.5, 0.6) is 0 Å². The number of hydrogen-bond donors (Lipinski definition) is 0. The fourth-order valence-electron chi connectivity index (χ4n) is 0.437.